The minimum absolute atomic E-state index is 0.207. The van der Waals surface area contributed by atoms with Crippen LogP contribution in [-0.2, 0) is 27.2 Å². The van der Waals surface area contributed by atoms with Crippen molar-refractivity contribution in [3.63, 3.8) is 0 Å². The maximum absolute atomic E-state index is 13.4. The van der Waals surface area contributed by atoms with E-state index in [1.165, 1.54) is 4.90 Å². The van der Waals surface area contributed by atoms with Crippen molar-refractivity contribution in [2.75, 3.05) is 20.3 Å². The first kappa shape index (κ1) is 19.6. The first-order valence-electron chi connectivity index (χ1n) is 9.98. The van der Waals surface area contributed by atoms with Gasteiger partial charge in [-0.3, -0.25) is 14.0 Å². The highest BCUT2D eigenvalue weighted by Crippen LogP contribution is 2.35. The molecule has 0 saturated heterocycles. The number of carbonyl (C=O) groups excluding carboxylic acids is 2. The minimum Gasteiger partial charge on any atom is -0.375 e. The number of amides is 2. The summed E-state index contributed by atoms with van der Waals surface area (Å²) < 4.78 is 18.5. The Kier molecular flexibility index (Phi) is 5.62. The molecule has 4 rings (SSSR count). The van der Waals surface area contributed by atoms with Gasteiger partial charge in [0.2, 0.25) is 11.8 Å². The van der Waals surface area contributed by atoms with E-state index in [1.54, 1.807) is 7.11 Å². The minimum atomic E-state index is -0.750. The second-order valence-corrected chi connectivity index (χ2v) is 7.55. The molecule has 0 saturated carbocycles. The number of hydrogen-bond acceptors (Lipinski definition) is 3. The second-order valence-electron chi connectivity index (χ2n) is 7.55. The number of benzene rings is 2. The number of halogens is 1. The number of ether oxygens (including phenoxy) is 1. The van der Waals surface area contributed by atoms with Crippen molar-refractivity contribution in [3.8, 4) is 0 Å². The van der Waals surface area contributed by atoms with Gasteiger partial charge in [0.15, 0.2) is 0 Å². The van der Waals surface area contributed by atoms with Crippen LogP contribution in [0.1, 0.15) is 40.8 Å². The normalized spacial score (nSPS) is 22.7. The summed E-state index contributed by atoms with van der Waals surface area (Å²) in [5.41, 5.74) is 4.09. The Morgan fingerprint density at radius 3 is 2.52 bits per heavy atom. The Labute approximate surface area is 169 Å². The number of nitrogens with zero attached hydrogens (tertiary/aromatic N) is 1. The standard InChI is InChI=1S/C23H25FN2O3/c1-29-22-18-9-5-3-7-16(18)14-19(22)25-23(28)21-17-8-4-2-6-15(17)11-13-26(21)20(27)10-12-24/h2-9,19,21-22H,10-14H2,1H3,(H,25,28). The molecule has 2 amide bonds. The van der Waals surface area contributed by atoms with E-state index in [2.05, 4.69) is 5.32 Å². The predicted molar refractivity (Wildman–Crippen MR) is 107 cm³/mol. The average molecular weight is 396 g/mol. The highest BCUT2D eigenvalue weighted by Gasteiger charge is 2.39. The van der Waals surface area contributed by atoms with Crippen LogP contribution in [0, 0.1) is 0 Å². The molecular weight excluding hydrogens is 371 g/mol. The van der Waals surface area contributed by atoms with E-state index in [1.807, 2.05) is 48.5 Å². The first-order chi connectivity index (χ1) is 14.1. The molecule has 1 N–H and O–H groups in total. The zero-order valence-electron chi connectivity index (χ0n) is 16.4. The quantitative estimate of drug-likeness (QED) is 0.846. The number of fused-ring (bicyclic) bond motifs is 2. The van der Waals surface area contributed by atoms with Gasteiger partial charge < -0.3 is 15.0 Å². The lowest BCUT2D eigenvalue weighted by Crippen LogP contribution is -2.50. The molecule has 29 heavy (non-hydrogen) atoms. The molecule has 0 aromatic heterocycles. The molecule has 2 aromatic carbocycles. The summed E-state index contributed by atoms with van der Waals surface area (Å²) in [4.78, 5) is 27.4. The molecule has 3 atom stereocenters. The molecule has 1 aliphatic heterocycles. The third-order valence-electron chi connectivity index (χ3n) is 5.91. The van der Waals surface area contributed by atoms with Crippen LogP contribution < -0.4 is 5.32 Å². The van der Waals surface area contributed by atoms with Gasteiger partial charge in [0, 0.05) is 13.7 Å². The third kappa shape index (κ3) is 3.65. The molecule has 0 radical (unpaired) electrons. The lowest BCUT2D eigenvalue weighted by atomic mass is 9.91. The third-order valence-corrected chi connectivity index (χ3v) is 5.91. The highest BCUT2D eigenvalue weighted by atomic mass is 19.1. The van der Waals surface area contributed by atoms with Gasteiger partial charge in [-0.2, -0.15) is 0 Å². The Morgan fingerprint density at radius 2 is 1.79 bits per heavy atom. The fourth-order valence-corrected chi connectivity index (χ4v) is 4.58. The van der Waals surface area contributed by atoms with Crippen LogP contribution in [0.15, 0.2) is 48.5 Å². The molecule has 5 nitrogen and oxygen atoms in total. The summed E-state index contributed by atoms with van der Waals surface area (Å²) in [6, 6.07) is 14.7. The highest BCUT2D eigenvalue weighted by molar-refractivity contribution is 5.90. The van der Waals surface area contributed by atoms with Gasteiger partial charge in [0.25, 0.3) is 0 Å². The van der Waals surface area contributed by atoms with E-state index in [0.29, 0.717) is 19.4 Å². The van der Waals surface area contributed by atoms with Crippen LogP contribution in [0.25, 0.3) is 0 Å². The van der Waals surface area contributed by atoms with Crippen molar-refractivity contribution in [2.24, 2.45) is 0 Å². The Bertz CT molecular complexity index is 917. The number of carbonyl (C=O) groups is 2. The molecule has 6 heteroatoms. The van der Waals surface area contributed by atoms with Gasteiger partial charge >= 0.3 is 0 Å². The van der Waals surface area contributed by atoms with E-state index >= 15 is 0 Å². The average Bonchev–Trinajstić information content (AvgIpc) is 3.09. The number of methoxy groups -OCH3 is 1. The number of hydrogen-bond donors (Lipinski definition) is 1. The molecule has 2 aromatic rings. The summed E-state index contributed by atoms with van der Waals surface area (Å²) in [6.45, 7) is -0.318. The van der Waals surface area contributed by atoms with Crippen LogP contribution in [0.5, 0.6) is 0 Å². The van der Waals surface area contributed by atoms with Gasteiger partial charge in [-0.05, 0) is 35.1 Å². The molecule has 0 fully saturated rings. The van der Waals surface area contributed by atoms with E-state index in [9.17, 15) is 14.0 Å². The summed E-state index contributed by atoms with van der Waals surface area (Å²) in [5, 5.41) is 3.11. The molecule has 0 bridgehead atoms. The number of alkyl halides is 1. The van der Waals surface area contributed by atoms with Crippen molar-refractivity contribution in [1.82, 2.24) is 10.2 Å². The SMILES string of the molecule is COC1c2ccccc2CC1NC(=O)C1c2ccccc2CCN1C(=O)CCF. The Hall–Kier alpha value is -2.73. The van der Waals surface area contributed by atoms with Crippen LogP contribution in [0.2, 0.25) is 0 Å². The summed E-state index contributed by atoms with van der Waals surface area (Å²) in [6.07, 6.45) is 0.895. The van der Waals surface area contributed by atoms with Crippen LogP contribution in [0.4, 0.5) is 4.39 Å². The maximum Gasteiger partial charge on any atom is 0.247 e. The molecular formula is C23H25FN2O3. The van der Waals surface area contributed by atoms with E-state index in [4.69, 9.17) is 4.74 Å². The van der Waals surface area contributed by atoms with E-state index in [0.717, 1.165) is 22.3 Å². The van der Waals surface area contributed by atoms with Crippen molar-refractivity contribution < 1.29 is 18.7 Å². The van der Waals surface area contributed by atoms with E-state index in [-0.39, 0.29) is 30.4 Å². The fourth-order valence-electron chi connectivity index (χ4n) is 4.58. The van der Waals surface area contributed by atoms with E-state index < -0.39 is 12.7 Å². The molecule has 1 heterocycles. The Morgan fingerprint density at radius 1 is 1.10 bits per heavy atom. The zero-order chi connectivity index (χ0) is 20.4. The van der Waals surface area contributed by atoms with Crippen molar-refractivity contribution in [2.45, 2.75) is 37.5 Å². The van der Waals surface area contributed by atoms with Gasteiger partial charge in [-0.1, -0.05) is 48.5 Å². The monoisotopic (exact) mass is 396 g/mol. The maximum atomic E-state index is 13.4. The van der Waals surface area contributed by atoms with Crippen LogP contribution >= 0.6 is 0 Å². The van der Waals surface area contributed by atoms with Crippen molar-refractivity contribution >= 4 is 11.8 Å². The molecule has 152 valence electrons. The van der Waals surface area contributed by atoms with Crippen LogP contribution in [0.3, 0.4) is 0 Å². The molecule has 2 aliphatic rings. The molecule has 1 aliphatic carbocycles. The lowest BCUT2D eigenvalue weighted by Gasteiger charge is -2.37. The predicted octanol–water partition coefficient (Wildman–Crippen LogP) is 2.90. The number of nitrogens with one attached hydrogen (secondary N) is 1. The second kappa shape index (κ2) is 8.33. The first-order valence-corrected chi connectivity index (χ1v) is 9.98. The summed E-state index contributed by atoms with van der Waals surface area (Å²) >= 11 is 0. The molecule has 3 unspecified atom stereocenters. The summed E-state index contributed by atoms with van der Waals surface area (Å²) in [7, 11) is 1.64. The van der Waals surface area contributed by atoms with Crippen molar-refractivity contribution in [1.29, 1.82) is 0 Å². The topological polar surface area (TPSA) is 58.6 Å². The molecule has 0 spiro atoms. The van der Waals surface area contributed by atoms with Crippen LogP contribution in [-0.4, -0.2) is 43.1 Å². The lowest BCUT2D eigenvalue weighted by molar-refractivity contribution is -0.142. The Balaban J connectivity index is 1.61. The largest absolute Gasteiger partial charge is 0.375 e. The van der Waals surface area contributed by atoms with Gasteiger partial charge in [-0.25, -0.2) is 0 Å². The zero-order valence-corrected chi connectivity index (χ0v) is 16.4. The van der Waals surface area contributed by atoms with Gasteiger partial charge in [-0.15, -0.1) is 0 Å². The smallest absolute Gasteiger partial charge is 0.247 e. The summed E-state index contributed by atoms with van der Waals surface area (Å²) in [5.74, 6) is -0.579. The fraction of sp³-hybridized carbons (Fsp3) is 0.391. The number of rotatable bonds is 5. The van der Waals surface area contributed by atoms with Crippen molar-refractivity contribution in [3.05, 3.63) is 70.8 Å². The van der Waals surface area contributed by atoms with Gasteiger partial charge in [0.05, 0.1) is 19.1 Å². The van der Waals surface area contributed by atoms with Gasteiger partial charge in [0.1, 0.15) is 12.1 Å².